The largest absolute Gasteiger partial charge is 0.387 e. The van der Waals surface area contributed by atoms with E-state index < -0.39 is 5.60 Å². The van der Waals surface area contributed by atoms with Crippen LogP contribution in [0.4, 0.5) is 0 Å². The number of rotatable bonds is 11. The highest BCUT2D eigenvalue weighted by Crippen LogP contribution is 2.30. The minimum atomic E-state index is -0.528. The maximum atomic E-state index is 10.4. The van der Waals surface area contributed by atoms with Crippen LogP contribution in [0.5, 0.6) is 0 Å². The van der Waals surface area contributed by atoms with Gasteiger partial charge in [0.25, 0.3) is 0 Å². The van der Waals surface area contributed by atoms with Crippen molar-refractivity contribution >= 4 is 0 Å². The third-order valence-corrected chi connectivity index (χ3v) is 4.62. The lowest BCUT2D eigenvalue weighted by atomic mass is 9.90. The summed E-state index contributed by atoms with van der Waals surface area (Å²) in [5.74, 6) is 0. The van der Waals surface area contributed by atoms with Gasteiger partial charge in [0.15, 0.2) is 0 Å². The molecule has 0 aliphatic carbocycles. The van der Waals surface area contributed by atoms with Crippen molar-refractivity contribution < 1.29 is 9.84 Å². The highest BCUT2D eigenvalue weighted by atomic mass is 16.5. The number of aliphatic hydroxyl groups is 1. The molecule has 0 aromatic heterocycles. The van der Waals surface area contributed by atoms with E-state index in [0.717, 1.165) is 25.9 Å². The molecule has 1 fully saturated rings. The van der Waals surface area contributed by atoms with Gasteiger partial charge in [0.05, 0.1) is 11.7 Å². The maximum Gasteiger partial charge on any atom is 0.0927 e. The first-order chi connectivity index (χ1) is 9.19. The van der Waals surface area contributed by atoms with E-state index in [1.54, 1.807) is 0 Å². The van der Waals surface area contributed by atoms with Gasteiger partial charge < -0.3 is 9.84 Å². The van der Waals surface area contributed by atoms with Crippen LogP contribution in [-0.4, -0.2) is 23.4 Å². The lowest BCUT2D eigenvalue weighted by Gasteiger charge is -2.25. The quantitative estimate of drug-likeness (QED) is 0.544. The fourth-order valence-corrected chi connectivity index (χ4v) is 3.02. The summed E-state index contributed by atoms with van der Waals surface area (Å²) in [6.07, 6.45) is 15.3. The summed E-state index contributed by atoms with van der Waals surface area (Å²) in [6, 6.07) is 0. The van der Waals surface area contributed by atoms with Gasteiger partial charge in [-0.2, -0.15) is 0 Å². The van der Waals surface area contributed by atoms with Gasteiger partial charge in [0.2, 0.25) is 0 Å². The second kappa shape index (κ2) is 9.77. The highest BCUT2D eigenvalue weighted by Gasteiger charge is 2.38. The molecule has 2 unspecified atom stereocenters. The average molecular weight is 270 g/mol. The first kappa shape index (κ1) is 17.0. The molecular weight excluding hydrogens is 236 g/mol. The number of hydrogen-bond donors (Lipinski definition) is 1. The maximum absolute atomic E-state index is 10.4. The Balaban J connectivity index is 1.86. The van der Waals surface area contributed by atoms with Gasteiger partial charge in [0, 0.05) is 13.0 Å². The third kappa shape index (κ3) is 6.76. The van der Waals surface area contributed by atoms with Gasteiger partial charge in [-0.05, 0) is 13.3 Å². The summed E-state index contributed by atoms with van der Waals surface area (Å²) in [4.78, 5) is 0. The molecule has 114 valence electrons. The zero-order valence-corrected chi connectivity index (χ0v) is 13.1. The predicted octanol–water partition coefficient (Wildman–Crippen LogP) is 4.84. The van der Waals surface area contributed by atoms with Crippen LogP contribution in [0.2, 0.25) is 0 Å². The third-order valence-electron chi connectivity index (χ3n) is 4.62. The summed E-state index contributed by atoms with van der Waals surface area (Å²) in [6.45, 7) is 5.00. The Kier molecular flexibility index (Phi) is 8.72. The van der Waals surface area contributed by atoms with Crippen molar-refractivity contribution in [3.8, 4) is 0 Å². The number of ether oxygens (including phenoxy) is 1. The molecule has 1 aliphatic rings. The van der Waals surface area contributed by atoms with Crippen molar-refractivity contribution in [3.63, 3.8) is 0 Å². The smallest absolute Gasteiger partial charge is 0.0927 e. The molecule has 0 spiro atoms. The van der Waals surface area contributed by atoms with Crippen molar-refractivity contribution in [2.75, 3.05) is 6.61 Å². The van der Waals surface area contributed by atoms with E-state index in [1.807, 2.05) is 6.92 Å². The van der Waals surface area contributed by atoms with Gasteiger partial charge in [-0.25, -0.2) is 0 Å². The zero-order valence-electron chi connectivity index (χ0n) is 13.1. The topological polar surface area (TPSA) is 29.5 Å². The molecule has 1 rings (SSSR count). The van der Waals surface area contributed by atoms with Crippen molar-refractivity contribution in [3.05, 3.63) is 0 Å². The molecular formula is C17H34O2. The normalized spacial score (nSPS) is 27.0. The van der Waals surface area contributed by atoms with Gasteiger partial charge in [-0.15, -0.1) is 0 Å². The van der Waals surface area contributed by atoms with E-state index >= 15 is 0 Å². The lowest BCUT2D eigenvalue weighted by Crippen LogP contribution is -2.35. The molecule has 0 aromatic carbocycles. The monoisotopic (exact) mass is 270 g/mol. The van der Waals surface area contributed by atoms with Crippen LogP contribution in [0.25, 0.3) is 0 Å². The van der Waals surface area contributed by atoms with E-state index in [4.69, 9.17) is 4.74 Å². The minimum Gasteiger partial charge on any atom is -0.387 e. The second-order valence-electron chi connectivity index (χ2n) is 6.30. The van der Waals surface area contributed by atoms with E-state index in [-0.39, 0.29) is 6.10 Å². The van der Waals surface area contributed by atoms with E-state index in [1.165, 1.54) is 57.8 Å². The van der Waals surface area contributed by atoms with Crippen molar-refractivity contribution in [1.29, 1.82) is 0 Å². The van der Waals surface area contributed by atoms with E-state index in [9.17, 15) is 5.11 Å². The van der Waals surface area contributed by atoms with Crippen LogP contribution >= 0.6 is 0 Å². The van der Waals surface area contributed by atoms with Crippen LogP contribution in [0.15, 0.2) is 0 Å². The van der Waals surface area contributed by atoms with Crippen molar-refractivity contribution in [2.45, 2.75) is 103 Å². The molecule has 1 saturated heterocycles. The number of unbranched alkanes of at least 4 members (excludes halogenated alkanes) is 9. The Morgan fingerprint density at radius 1 is 0.947 bits per heavy atom. The van der Waals surface area contributed by atoms with Gasteiger partial charge in [0.1, 0.15) is 0 Å². The molecule has 2 heteroatoms. The molecule has 0 radical (unpaired) electrons. The first-order valence-electron chi connectivity index (χ1n) is 8.53. The Morgan fingerprint density at radius 3 is 1.95 bits per heavy atom. The SMILES string of the molecule is CCCCCCCCCCCCC1(O)CCOC1C. The van der Waals surface area contributed by atoms with Crippen LogP contribution in [0.3, 0.4) is 0 Å². The molecule has 0 bridgehead atoms. The van der Waals surface area contributed by atoms with Crippen LogP contribution < -0.4 is 0 Å². The lowest BCUT2D eigenvalue weighted by molar-refractivity contribution is -0.0345. The van der Waals surface area contributed by atoms with Crippen molar-refractivity contribution in [2.24, 2.45) is 0 Å². The van der Waals surface area contributed by atoms with Crippen molar-refractivity contribution in [1.82, 2.24) is 0 Å². The second-order valence-corrected chi connectivity index (χ2v) is 6.30. The van der Waals surface area contributed by atoms with E-state index in [0.29, 0.717) is 0 Å². The van der Waals surface area contributed by atoms with Crippen LogP contribution in [0, 0.1) is 0 Å². The van der Waals surface area contributed by atoms with E-state index in [2.05, 4.69) is 6.92 Å². The predicted molar refractivity (Wildman–Crippen MR) is 81.4 cm³/mol. The van der Waals surface area contributed by atoms with Gasteiger partial charge in [-0.3, -0.25) is 0 Å². The average Bonchev–Trinajstić information content (AvgIpc) is 2.72. The van der Waals surface area contributed by atoms with Gasteiger partial charge in [-0.1, -0.05) is 71.1 Å². The summed E-state index contributed by atoms with van der Waals surface area (Å²) >= 11 is 0. The molecule has 2 nitrogen and oxygen atoms in total. The van der Waals surface area contributed by atoms with Crippen LogP contribution in [-0.2, 0) is 4.74 Å². The molecule has 0 saturated carbocycles. The van der Waals surface area contributed by atoms with Gasteiger partial charge >= 0.3 is 0 Å². The Bertz CT molecular complexity index is 217. The van der Waals surface area contributed by atoms with Crippen LogP contribution in [0.1, 0.15) is 90.9 Å². The highest BCUT2D eigenvalue weighted by molar-refractivity contribution is 4.89. The summed E-state index contributed by atoms with van der Waals surface area (Å²) in [7, 11) is 0. The molecule has 1 N–H and O–H groups in total. The molecule has 2 atom stereocenters. The summed E-state index contributed by atoms with van der Waals surface area (Å²) < 4.78 is 5.46. The number of hydrogen-bond acceptors (Lipinski definition) is 2. The minimum absolute atomic E-state index is 0.0334. The molecule has 1 aliphatic heterocycles. The Hall–Kier alpha value is -0.0800. The fraction of sp³-hybridized carbons (Fsp3) is 1.00. The fourth-order valence-electron chi connectivity index (χ4n) is 3.02. The Morgan fingerprint density at radius 2 is 1.47 bits per heavy atom. The Labute approximate surface area is 119 Å². The first-order valence-corrected chi connectivity index (χ1v) is 8.53. The molecule has 1 heterocycles. The molecule has 0 aromatic rings. The molecule has 0 amide bonds. The zero-order chi connectivity index (χ0) is 14.0. The standard InChI is InChI=1S/C17H34O2/c1-3-4-5-6-7-8-9-10-11-12-13-17(18)14-15-19-16(17)2/h16,18H,3-15H2,1-2H3. The summed E-state index contributed by atoms with van der Waals surface area (Å²) in [5.41, 5.74) is -0.528. The molecule has 19 heavy (non-hydrogen) atoms. The summed E-state index contributed by atoms with van der Waals surface area (Å²) in [5, 5.41) is 10.4.